The van der Waals surface area contributed by atoms with E-state index in [1.165, 1.54) is 18.9 Å². The number of halogens is 1. The molecule has 1 aromatic rings. The zero-order valence-corrected chi connectivity index (χ0v) is 11.5. The van der Waals surface area contributed by atoms with Gasteiger partial charge in [-0.2, -0.15) is 0 Å². The second-order valence-electron chi connectivity index (χ2n) is 4.91. The van der Waals surface area contributed by atoms with Crippen LogP contribution in [-0.4, -0.2) is 22.5 Å². The van der Waals surface area contributed by atoms with Crippen LogP contribution in [0.2, 0.25) is 0 Å². The number of benzene rings is 1. The summed E-state index contributed by atoms with van der Waals surface area (Å²) in [5.74, 6) is -0.262. The molecule has 18 heavy (non-hydrogen) atoms. The maximum Gasteiger partial charge on any atom is 0.124 e. The van der Waals surface area contributed by atoms with E-state index in [9.17, 15) is 4.39 Å². The van der Waals surface area contributed by atoms with Crippen molar-refractivity contribution in [2.45, 2.75) is 38.8 Å². The Balaban J connectivity index is 2.13. The van der Waals surface area contributed by atoms with Gasteiger partial charge < -0.3 is 5.73 Å². The van der Waals surface area contributed by atoms with Crippen molar-refractivity contribution in [1.82, 2.24) is 4.90 Å². The lowest BCUT2D eigenvalue weighted by atomic mass is 10.1. The van der Waals surface area contributed by atoms with E-state index in [0.29, 0.717) is 11.6 Å². The highest BCUT2D eigenvalue weighted by molar-refractivity contribution is 7.80. The van der Waals surface area contributed by atoms with Gasteiger partial charge in [-0.25, -0.2) is 4.39 Å². The summed E-state index contributed by atoms with van der Waals surface area (Å²) in [6.07, 6.45) is 3.64. The Morgan fingerprint density at radius 1 is 1.44 bits per heavy atom. The molecule has 0 aliphatic heterocycles. The minimum absolute atomic E-state index is 0.254. The van der Waals surface area contributed by atoms with Gasteiger partial charge >= 0.3 is 0 Å². The summed E-state index contributed by atoms with van der Waals surface area (Å²) in [6, 6.07) is 5.55. The van der Waals surface area contributed by atoms with E-state index in [0.717, 1.165) is 25.1 Å². The highest BCUT2D eigenvalue weighted by Crippen LogP contribution is 2.28. The predicted octanol–water partition coefficient (Wildman–Crippen LogP) is 2.83. The maximum absolute atomic E-state index is 13.5. The van der Waals surface area contributed by atoms with Crippen molar-refractivity contribution in [1.29, 1.82) is 0 Å². The molecule has 0 saturated heterocycles. The third-order valence-electron chi connectivity index (χ3n) is 3.20. The van der Waals surface area contributed by atoms with Gasteiger partial charge in [0.25, 0.3) is 0 Å². The van der Waals surface area contributed by atoms with Crippen LogP contribution in [-0.2, 0) is 6.54 Å². The fraction of sp³-hybridized carbons (Fsp3) is 0.500. The van der Waals surface area contributed by atoms with Crippen molar-refractivity contribution in [3.63, 3.8) is 0 Å². The normalized spacial score (nSPS) is 15.1. The molecule has 98 valence electrons. The molecule has 1 saturated carbocycles. The van der Waals surface area contributed by atoms with E-state index in [1.807, 2.05) is 6.07 Å². The van der Waals surface area contributed by atoms with E-state index >= 15 is 0 Å². The topological polar surface area (TPSA) is 29.3 Å². The predicted molar refractivity (Wildman–Crippen MR) is 76.0 cm³/mol. The van der Waals surface area contributed by atoms with Crippen LogP contribution < -0.4 is 5.73 Å². The van der Waals surface area contributed by atoms with Gasteiger partial charge in [-0.15, -0.1) is 0 Å². The van der Waals surface area contributed by atoms with Gasteiger partial charge in [0.15, 0.2) is 0 Å². The molecule has 0 amide bonds. The Kier molecular flexibility index (Phi) is 4.30. The molecular formula is C14H19FN2S. The number of rotatable bonds is 6. The molecule has 0 unspecified atom stereocenters. The van der Waals surface area contributed by atoms with Gasteiger partial charge in [0.2, 0.25) is 0 Å². The SMILES string of the molecule is CCCN(Cc1cc(F)cc(C(N)=S)c1)C1CC1. The zero-order chi connectivity index (χ0) is 13.1. The summed E-state index contributed by atoms with van der Waals surface area (Å²) >= 11 is 4.91. The molecule has 0 radical (unpaired) electrons. The van der Waals surface area contributed by atoms with E-state index in [-0.39, 0.29) is 10.8 Å². The van der Waals surface area contributed by atoms with Crippen LogP contribution in [0.5, 0.6) is 0 Å². The van der Waals surface area contributed by atoms with Gasteiger partial charge in [-0.05, 0) is 49.6 Å². The number of hydrogen-bond acceptors (Lipinski definition) is 2. The van der Waals surface area contributed by atoms with Crippen molar-refractivity contribution in [3.8, 4) is 0 Å². The largest absolute Gasteiger partial charge is 0.389 e. The summed E-state index contributed by atoms with van der Waals surface area (Å²) in [5, 5.41) is 0. The van der Waals surface area contributed by atoms with E-state index in [1.54, 1.807) is 6.07 Å². The highest BCUT2D eigenvalue weighted by Gasteiger charge is 2.28. The standard InChI is InChI=1S/C14H19FN2S/c1-2-5-17(13-3-4-13)9-10-6-11(14(16)18)8-12(15)7-10/h6-8,13H,2-5,9H2,1H3,(H2,16,18). The first-order valence-corrected chi connectivity index (χ1v) is 6.84. The first-order valence-electron chi connectivity index (χ1n) is 6.43. The Labute approximate surface area is 113 Å². The fourth-order valence-corrected chi connectivity index (χ4v) is 2.35. The molecule has 0 atom stereocenters. The second kappa shape index (κ2) is 5.76. The maximum atomic E-state index is 13.5. The minimum atomic E-state index is -0.262. The van der Waals surface area contributed by atoms with Crippen molar-refractivity contribution >= 4 is 17.2 Å². The molecule has 0 aromatic heterocycles. The number of nitrogens with two attached hydrogens (primary N) is 1. The molecule has 1 aliphatic rings. The Hall–Kier alpha value is -1.00. The molecule has 2 nitrogen and oxygen atoms in total. The number of hydrogen-bond donors (Lipinski definition) is 1. The Bertz CT molecular complexity index is 443. The molecule has 0 spiro atoms. The lowest BCUT2D eigenvalue weighted by Crippen LogP contribution is -2.26. The Morgan fingerprint density at radius 3 is 2.72 bits per heavy atom. The molecule has 0 bridgehead atoms. The molecule has 2 N–H and O–H groups in total. The lowest BCUT2D eigenvalue weighted by Gasteiger charge is -2.21. The summed E-state index contributed by atoms with van der Waals surface area (Å²) < 4.78 is 13.5. The molecule has 1 aliphatic carbocycles. The fourth-order valence-electron chi connectivity index (χ4n) is 2.24. The zero-order valence-electron chi connectivity index (χ0n) is 10.7. The first-order chi connectivity index (χ1) is 8.60. The third-order valence-corrected chi connectivity index (χ3v) is 3.44. The van der Waals surface area contributed by atoms with Crippen LogP contribution in [0.15, 0.2) is 18.2 Å². The van der Waals surface area contributed by atoms with E-state index in [4.69, 9.17) is 18.0 Å². The molecule has 1 fully saturated rings. The van der Waals surface area contributed by atoms with E-state index in [2.05, 4.69) is 11.8 Å². The van der Waals surface area contributed by atoms with Crippen LogP contribution in [0.1, 0.15) is 37.3 Å². The lowest BCUT2D eigenvalue weighted by molar-refractivity contribution is 0.255. The van der Waals surface area contributed by atoms with Crippen molar-refractivity contribution in [3.05, 3.63) is 35.1 Å². The minimum Gasteiger partial charge on any atom is -0.389 e. The summed E-state index contributed by atoms with van der Waals surface area (Å²) in [5.41, 5.74) is 7.14. The van der Waals surface area contributed by atoms with Crippen LogP contribution in [0.3, 0.4) is 0 Å². The third kappa shape index (κ3) is 3.50. The van der Waals surface area contributed by atoms with Gasteiger partial charge in [0, 0.05) is 18.2 Å². The average Bonchev–Trinajstić information content (AvgIpc) is 3.11. The molecule has 4 heteroatoms. The van der Waals surface area contributed by atoms with Crippen LogP contribution in [0.4, 0.5) is 4.39 Å². The van der Waals surface area contributed by atoms with E-state index < -0.39 is 0 Å². The van der Waals surface area contributed by atoms with Crippen molar-refractivity contribution in [2.75, 3.05) is 6.54 Å². The van der Waals surface area contributed by atoms with Gasteiger partial charge in [-0.1, -0.05) is 19.1 Å². The average molecular weight is 266 g/mol. The number of nitrogens with zero attached hydrogens (tertiary/aromatic N) is 1. The molecule has 1 aromatic carbocycles. The van der Waals surface area contributed by atoms with Crippen molar-refractivity contribution in [2.24, 2.45) is 5.73 Å². The van der Waals surface area contributed by atoms with Gasteiger partial charge in [-0.3, -0.25) is 4.90 Å². The van der Waals surface area contributed by atoms with Crippen LogP contribution in [0.25, 0.3) is 0 Å². The van der Waals surface area contributed by atoms with Crippen LogP contribution >= 0.6 is 12.2 Å². The molecule has 0 heterocycles. The van der Waals surface area contributed by atoms with Crippen LogP contribution in [0, 0.1) is 5.82 Å². The highest BCUT2D eigenvalue weighted by atomic mass is 32.1. The second-order valence-corrected chi connectivity index (χ2v) is 5.35. The van der Waals surface area contributed by atoms with Gasteiger partial charge in [0.1, 0.15) is 10.8 Å². The summed E-state index contributed by atoms with van der Waals surface area (Å²) in [6.45, 7) is 4.01. The Morgan fingerprint density at radius 2 is 2.17 bits per heavy atom. The number of thiocarbonyl (C=S) groups is 1. The summed E-state index contributed by atoms with van der Waals surface area (Å²) in [7, 11) is 0. The first kappa shape index (κ1) is 13.4. The smallest absolute Gasteiger partial charge is 0.124 e. The molecular weight excluding hydrogens is 247 g/mol. The summed E-state index contributed by atoms with van der Waals surface area (Å²) in [4.78, 5) is 2.67. The van der Waals surface area contributed by atoms with Gasteiger partial charge in [0.05, 0.1) is 0 Å². The monoisotopic (exact) mass is 266 g/mol. The molecule has 2 rings (SSSR count). The quantitative estimate of drug-likeness (QED) is 0.803. The van der Waals surface area contributed by atoms with Crippen molar-refractivity contribution < 1.29 is 4.39 Å².